The molecule has 0 radical (unpaired) electrons. The highest BCUT2D eigenvalue weighted by Crippen LogP contribution is 2.37. The first kappa shape index (κ1) is 18.6. The molecule has 1 atom stereocenters. The van der Waals surface area contributed by atoms with Gasteiger partial charge in [-0.05, 0) is 56.8 Å². The average molecular weight is 357 g/mol. The molecule has 3 rings (SSSR count). The molecule has 2 heterocycles. The Labute approximate surface area is 155 Å². The first-order valence-corrected chi connectivity index (χ1v) is 9.39. The molecule has 1 amide bonds. The lowest BCUT2D eigenvalue weighted by molar-refractivity contribution is -0.115. The third kappa shape index (κ3) is 3.54. The third-order valence-electron chi connectivity index (χ3n) is 5.23. The number of amides is 1. The van der Waals surface area contributed by atoms with Crippen LogP contribution in [0.4, 0.5) is 4.39 Å². The van der Waals surface area contributed by atoms with Crippen LogP contribution in [-0.4, -0.2) is 36.0 Å². The zero-order valence-electron chi connectivity index (χ0n) is 16.1. The first-order valence-electron chi connectivity index (χ1n) is 9.39. The Kier molecular flexibility index (Phi) is 5.47. The van der Waals surface area contributed by atoms with Crippen molar-refractivity contribution in [3.63, 3.8) is 0 Å². The van der Waals surface area contributed by atoms with Crippen LogP contribution in [0.1, 0.15) is 37.2 Å². The Bertz CT molecular complexity index is 798. The Morgan fingerprint density at radius 2 is 2.08 bits per heavy atom. The number of hydrogen-bond acceptors (Lipinski definition) is 2. The molecule has 1 aliphatic heterocycles. The fourth-order valence-electron chi connectivity index (χ4n) is 3.74. The van der Waals surface area contributed by atoms with E-state index in [9.17, 15) is 9.18 Å². The summed E-state index contributed by atoms with van der Waals surface area (Å²) in [5.41, 5.74) is 5.08. The van der Waals surface area contributed by atoms with Crippen LogP contribution in [0.3, 0.4) is 0 Å². The summed E-state index contributed by atoms with van der Waals surface area (Å²) < 4.78 is 16.1. The number of nitrogens with zero attached hydrogens (tertiary/aromatic N) is 2. The van der Waals surface area contributed by atoms with Crippen LogP contribution in [0.15, 0.2) is 35.3 Å². The molecule has 1 aliphatic carbocycles. The van der Waals surface area contributed by atoms with Gasteiger partial charge in [0.25, 0.3) is 5.91 Å². The van der Waals surface area contributed by atoms with Gasteiger partial charge in [0.15, 0.2) is 0 Å². The predicted molar refractivity (Wildman–Crippen MR) is 103 cm³/mol. The van der Waals surface area contributed by atoms with Gasteiger partial charge >= 0.3 is 0 Å². The van der Waals surface area contributed by atoms with E-state index in [1.165, 1.54) is 17.3 Å². The summed E-state index contributed by atoms with van der Waals surface area (Å²) in [6.45, 7) is 6.09. The molecule has 0 spiro atoms. The van der Waals surface area contributed by atoms with Crippen molar-refractivity contribution in [1.82, 2.24) is 14.8 Å². The molecule has 0 bridgehead atoms. The molecule has 140 valence electrons. The van der Waals surface area contributed by atoms with Crippen LogP contribution in [0, 0.1) is 5.92 Å². The summed E-state index contributed by atoms with van der Waals surface area (Å²) in [6, 6.07) is 2.24. The highest BCUT2D eigenvalue weighted by atomic mass is 19.1. The van der Waals surface area contributed by atoms with E-state index in [0.29, 0.717) is 5.57 Å². The van der Waals surface area contributed by atoms with Gasteiger partial charge < -0.3 is 14.8 Å². The molecule has 1 fully saturated rings. The number of aromatic nitrogens is 1. The third-order valence-corrected chi connectivity index (χ3v) is 5.23. The maximum absolute atomic E-state index is 13.8. The molecule has 1 aromatic heterocycles. The van der Waals surface area contributed by atoms with E-state index < -0.39 is 0 Å². The zero-order valence-corrected chi connectivity index (χ0v) is 16.1. The Balaban J connectivity index is 2.03. The summed E-state index contributed by atoms with van der Waals surface area (Å²) in [4.78, 5) is 14.7. The number of aryl methyl sites for hydroxylation is 2. The van der Waals surface area contributed by atoms with Gasteiger partial charge in [0.05, 0.1) is 0 Å². The number of halogens is 1. The van der Waals surface area contributed by atoms with E-state index in [-0.39, 0.29) is 24.1 Å². The van der Waals surface area contributed by atoms with E-state index in [1.54, 1.807) is 6.08 Å². The largest absolute Gasteiger partial charge is 0.344 e. The molecule has 0 aromatic carbocycles. The maximum atomic E-state index is 13.8. The predicted octanol–water partition coefficient (Wildman–Crippen LogP) is 3.44. The monoisotopic (exact) mass is 357 g/mol. The standard InChI is InChI=1S/C21H28FN3O/c1-5-14-11-16(6-2)25(10-9-24(3)4)20(14)13-18-17-12-15(22)7-8-19(17)23-21(18)26/h7-8,11,13,17H,5-6,9-10,12H2,1-4H3,(H,23,26). The average Bonchev–Trinajstić information content (AvgIpc) is 3.10. The van der Waals surface area contributed by atoms with Gasteiger partial charge in [-0.2, -0.15) is 0 Å². The highest BCUT2D eigenvalue weighted by molar-refractivity contribution is 6.03. The molecule has 1 aromatic rings. The quantitative estimate of drug-likeness (QED) is 0.792. The van der Waals surface area contributed by atoms with Crippen LogP contribution in [0.2, 0.25) is 0 Å². The summed E-state index contributed by atoms with van der Waals surface area (Å²) in [6.07, 6.45) is 7.24. The number of likely N-dealkylation sites (N-methyl/N-ethyl adjacent to an activating group) is 1. The zero-order chi connectivity index (χ0) is 18.8. The van der Waals surface area contributed by atoms with Crippen LogP contribution in [0.25, 0.3) is 6.08 Å². The summed E-state index contributed by atoms with van der Waals surface area (Å²) in [5.74, 6) is -0.474. The minimum Gasteiger partial charge on any atom is -0.344 e. The van der Waals surface area contributed by atoms with Gasteiger partial charge in [-0.25, -0.2) is 4.39 Å². The fraction of sp³-hybridized carbons (Fsp3) is 0.476. The van der Waals surface area contributed by atoms with E-state index in [0.717, 1.165) is 37.3 Å². The van der Waals surface area contributed by atoms with Gasteiger partial charge in [-0.3, -0.25) is 4.79 Å². The smallest absolute Gasteiger partial charge is 0.252 e. The Hall–Kier alpha value is -2.14. The van der Waals surface area contributed by atoms with Crippen molar-refractivity contribution in [3.8, 4) is 0 Å². The van der Waals surface area contributed by atoms with Crippen LogP contribution >= 0.6 is 0 Å². The minimum absolute atomic E-state index is 0.107. The van der Waals surface area contributed by atoms with E-state index in [1.807, 2.05) is 6.08 Å². The molecule has 1 saturated heterocycles. The number of carbonyl (C=O) groups excluding carboxylic acids is 1. The summed E-state index contributed by atoms with van der Waals surface area (Å²) in [5, 5.41) is 2.90. The van der Waals surface area contributed by atoms with Gasteiger partial charge in [0.2, 0.25) is 0 Å². The highest BCUT2D eigenvalue weighted by Gasteiger charge is 2.35. The van der Waals surface area contributed by atoms with E-state index in [2.05, 4.69) is 48.8 Å². The minimum atomic E-state index is -0.195. The van der Waals surface area contributed by atoms with Crippen molar-refractivity contribution in [2.24, 2.45) is 5.92 Å². The number of allylic oxidation sites excluding steroid dienone is 4. The van der Waals surface area contributed by atoms with E-state index in [4.69, 9.17) is 0 Å². The molecule has 1 N–H and O–H groups in total. The fourth-order valence-corrected chi connectivity index (χ4v) is 3.74. The van der Waals surface area contributed by atoms with Crippen LogP contribution in [0.5, 0.6) is 0 Å². The molecular weight excluding hydrogens is 329 g/mol. The van der Waals surface area contributed by atoms with Gasteiger partial charge in [-0.15, -0.1) is 0 Å². The SMILES string of the molecule is CCc1cc(CC)n(CCN(C)C)c1C=C1C(=O)NC2=CC=C(F)CC21. The maximum Gasteiger partial charge on any atom is 0.252 e. The van der Waals surface area contributed by atoms with Crippen LogP contribution < -0.4 is 5.32 Å². The molecule has 5 heteroatoms. The van der Waals surface area contributed by atoms with Crippen molar-refractivity contribution in [1.29, 1.82) is 0 Å². The lowest BCUT2D eigenvalue weighted by Crippen LogP contribution is -2.20. The van der Waals surface area contributed by atoms with Crippen LogP contribution in [-0.2, 0) is 24.2 Å². The number of rotatable bonds is 6. The lowest BCUT2D eigenvalue weighted by atomic mass is 9.91. The van der Waals surface area contributed by atoms with Gasteiger partial charge in [0, 0.05) is 48.1 Å². The number of nitrogens with one attached hydrogen (secondary N) is 1. The normalized spacial score (nSPS) is 21.1. The topological polar surface area (TPSA) is 37.3 Å². The second-order valence-corrected chi connectivity index (χ2v) is 7.25. The Morgan fingerprint density at radius 3 is 2.73 bits per heavy atom. The second-order valence-electron chi connectivity index (χ2n) is 7.25. The molecule has 0 saturated carbocycles. The summed E-state index contributed by atoms with van der Waals surface area (Å²) in [7, 11) is 4.12. The van der Waals surface area contributed by atoms with Gasteiger partial charge in [-0.1, -0.05) is 13.8 Å². The van der Waals surface area contributed by atoms with Crippen molar-refractivity contribution < 1.29 is 9.18 Å². The lowest BCUT2D eigenvalue weighted by Gasteiger charge is -2.17. The molecule has 26 heavy (non-hydrogen) atoms. The molecule has 2 aliphatic rings. The van der Waals surface area contributed by atoms with Crippen molar-refractivity contribution in [2.45, 2.75) is 39.7 Å². The van der Waals surface area contributed by atoms with Crippen molar-refractivity contribution >= 4 is 12.0 Å². The number of carbonyl (C=O) groups is 1. The molecular formula is C21H28FN3O. The first-order chi connectivity index (χ1) is 12.4. The summed E-state index contributed by atoms with van der Waals surface area (Å²) >= 11 is 0. The molecule has 1 unspecified atom stereocenters. The number of fused-ring (bicyclic) bond motifs is 1. The van der Waals surface area contributed by atoms with E-state index >= 15 is 0 Å². The second kappa shape index (κ2) is 7.62. The van der Waals surface area contributed by atoms with Crippen molar-refractivity contribution in [3.05, 3.63) is 52.3 Å². The number of hydrogen-bond donors (Lipinski definition) is 1. The van der Waals surface area contributed by atoms with Crippen molar-refractivity contribution in [2.75, 3.05) is 20.6 Å². The van der Waals surface area contributed by atoms with Gasteiger partial charge in [0.1, 0.15) is 5.83 Å². The Morgan fingerprint density at radius 1 is 1.31 bits per heavy atom. The molecule has 4 nitrogen and oxygen atoms in total.